The van der Waals surface area contributed by atoms with E-state index in [0.717, 1.165) is 42.5 Å². The lowest BCUT2D eigenvalue weighted by atomic mass is 10.0. The summed E-state index contributed by atoms with van der Waals surface area (Å²) in [6.45, 7) is 2.51. The highest BCUT2D eigenvalue weighted by molar-refractivity contribution is 9.10. The molecule has 0 saturated carbocycles. The molecule has 3 nitrogen and oxygen atoms in total. The van der Waals surface area contributed by atoms with Gasteiger partial charge in [-0.2, -0.15) is 4.98 Å². The third-order valence-corrected chi connectivity index (χ3v) is 3.70. The topological polar surface area (TPSA) is 31.4 Å². The van der Waals surface area contributed by atoms with E-state index in [2.05, 4.69) is 20.9 Å². The van der Waals surface area contributed by atoms with Gasteiger partial charge in [-0.3, -0.25) is 0 Å². The van der Waals surface area contributed by atoms with E-state index in [0.29, 0.717) is 5.92 Å². The lowest BCUT2D eigenvalue weighted by Gasteiger charge is -2.21. The lowest BCUT2D eigenvalue weighted by molar-refractivity contribution is 0.0497. The second kappa shape index (κ2) is 5.09. The Labute approximate surface area is 95.6 Å². The zero-order valence-corrected chi connectivity index (χ0v) is 10.1. The van der Waals surface area contributed by atoms with Gasteiger partial charge in [-0.25, -0.2) is 0 Å². The van der Waals surface area contributed by atoms with E-state index in [1.54, 1.807) is 0 Å². The van der Waals surface area contributed by atoms with Gasteiger partial charge in [-0.05, 0) is 34.7 Å². The van der Waals surface area contributed by atoms with E-state index in [9.17, 15) is 0 Å². The quantitative estimate of drug-likeness (QED) is 0.852. The zero-order chi connectivity index (χ0) is 9.80. The maximum Gasteiger partial charge on any atom is 0.274 e. The fourth-order valence-electron chi connectivity index (χ4n) is 1.41. The molecule has 0 aliphatic carbocycles. The van der Waals surface area contributed by atoms with E-state index in [-0.39, 0.29) is 0 Å². The van der Waals surface area contributed by atoms with Crippen LogP contribution < -0.4 is 4.74 Å². The Hall–Kier alpha value is -0.130. The monoisotopic (exact) mass is 277 g/mol. The van der Waals surface area contributed by atoms with Crippen LogP contribution in [0.5, 0.6) is 5.19 Å². The number of rotatable bonds is 3. The smallest absolute Gasteiger partial charge is 0.274 e. The highest BCUT2D eigenvalue weighted by Gasteiger charge is 2.14. The third kappa shape index (κ3) is 2.93. The van der Waals surface area contributed by atoms with E-state index in [1.807, 2.05) is 5.38 Å². The van der Waals surface area contributed by atoms with Gasteiger partial charge in [0.25, 0.3) is 5.19 Å². The van der Waals surface area contributed by atoms with Gasteiger partial charge in [0.1, 0.15) is 4.60 Å². The molecule has 14 heavy (non-hydrogen) atoms. The molecule has 1 aliphatic rings. The number of hydrogen-bond donors (Lipinski definition) is 0. The fourth-order valence-corrected chi connectivity index (χ4v) is 2.50. The number of ether oxygens (including phenoxy) is 2. The minimum absolute atomic E-state index is 0.631. The first-order chi connectivity index (χ1) is 6.84. The van der Waals surface area contributed by atoms with Crippen molar-refractivity contribution in [1.29, 1.82) is 0 Å². The van der Waals surface area contributed by atoms with Crippen molar-refractivity contribution in [3.8, 4) is 5.19 Å². The molecule has 0 aromatic carbocycles. The third-order valence-electron chi connectivity index (χ3n) is 2.24. The molecule has 1 fully saturated rings. The van der Waals surface area contributed by atoms with Crippen LogP contribution in [0.1, 0.15) is 12.8 Å². The van der Waals surface area contributed by atoms with Crippen LogP contribution in [0, 0.1) is 5.92 Å². The fraction of sp³-hybridized carbons (Fsp3) is 0.667. The predicted octanol–water partition coefficient (Wildman–Crippen LogP) is 2.71. The molecule has 0 atom stereocenters. The van der Waals surface area contributed by atoms with Crippen molar-refractivity contribution in [1.82, 2.24) is 4.98 Å². The van der Waals surface area contributed by atoms with Crippen LogP contribution in [0.3, 0.4) is 0 Å². The second-order valence-corrected chi connectivity index (χ2v) is 4.94. The highest BCUT2D eigenvalue weighted by atomic mass is 79.9. The minimum atomic E-state index is 0.631. The molecule has 0 unspecified atom stereocenters. The van der Waals surface area contributed by atoms with Crippen molar-refractivity contribution in [3.05, 3.63) is 9.98 Å². The van der Waals surface area contributed by atoms with E-state index in [1.165, 1.54) is 11.3 Å². The molecular formula is C9H12BrNO2S. The van der Waals surface area contributed by atoms with Gasteiger partial charge in [-0.15, -0.1) is 0 Å². The van der Waals surface area contributed by atoms with Crippen LogP contribution in [0.25, 0.3) is 0 Å². The summed E-state index contributed by atoms with van der Waals surface area (Å²) in [6.07, 6.45) is 2.21. The maximum absolute atomic E-state index is 5.59. The van der Waals surface area contributed by atoms with Gasteiger partial charge < -0.3 is 9.47 Å². The summed E-state index contributed by atoms with van der Waals surface area (Å²) in [5.41, 5.74) is 0. The van der Waals surface area contributed by atoms with Crippen molar-refractivity contribution in [2.45, 2.75) is 12.8 Å². The Kier molecular flexibility index (Phi) is 3.78. The van der Waals surface area contributed by atoms with Gasteiger partial charge in [0.15, 0.2) is 0 Å². The number of thiazole rings is 1. The average molecular weight is 278 g/mol. The van der Waals surface area contributed by atoms with Crippen LogP contribution in [0.2, 0.25) is 0 Å². The van der Waals surface area contributed by atoms with E-state index < -0.39 is 0 Å². The number of halogens is 1. The summed E-state index contributed by atoms with van der Waals surface area (Å²) in [4.78, 5) is 4.18. The molecule has 2 rings (SSSR count). The highest BCUT2D eigenvalue weighted by Crippen LogP contribution is 2.23. The van der Waals surface area contributed by atoms with Crippen LogP contribution in [-0.4, -0.2) is 24.8 Å². The molecule has 0 N–H and O–H groups in total. The summed E-state index contributed by atoms with van der Waals surface area (Å²) < 4.78 is 11.7. The summed E-state index contributed by atoms with van der Waals surface area (Å²) in [6, 6.07) is 0. The van der Waals surface area contributed by atoms with Gasteiger partial charge >= 0.3 is 0 Å². The Morgan fingerprint density at radius 1 is 1.57 bits per heavy atom. The summed E-state index contributed by atoms with van der Waals surface area (Å²) >= 11 is 4.82. The first-order valence-corrected chi connectivity index (χ1v) is 6.33. The molecule has 1 aromatic rings. The Morgan fingerprint density at radius 2 is 2.36 bits per heavy atom. The first kappa shape index (κ1) is 10.4. The first-order valence-electron chi connectivity index (χ1n) is 4.66. The molecule has 0 bridgehead atoms. The van der Waals surface area contributed by atoms with Crippen molar-refractivity contribution >= 4 is 27.3 Å². The Bertz CT molecular complexity index is 286. The van der Waals surface area contributed by atoms with Crippen molar-refractivity contribution in [3.63, 3.8) is 0 Å². The number of nitrogens with zero attached hydrogens (tertiary/aromatic N) is 1. The molecule has 0 spiro atoms. The molecule has 1 aromatic heterocycles. The zero-order valence-electron chi connectivity index (χ0n) is 7.74. The second-order valence-electron chi connectivity index (χ2n) is 3.30. The Balaban J connectivity index is 1.76. The number of aromatic nitrogens is 1. The molecule has 78 valence electrons. The summed E-state index contributed by atoms with van der Waals surface area (Å²) in [5, 5.41) is 2.68. The standard InChI is InChI=1S/C9H12BrNO2S/c10-8-6-14-9(11-8)13-5-7-1-3-12-4-2-7/h6-7H,1-5H2. The molecule has 5 heteroatoms. The summed E-state index contributed by atoms with van der Waals surface area (Å²) in [5.74, 6) is 0.631. The van der Waals surface area contributed by atoms with Gasteiger partial charge in [0.05, 0.1) is 6.61 Å². The normalized spacial score (nSPS) is 18.4. The predicted molar refractivity (Wildman–Crippen MR) is 58.9 cm³/mol. The van der Waals surface area contributed by atoms with E-state index in [4.69, 9.17) is 9.47 Å². The van der Waals surface area contributed by atoms with Gasteiger partial charge in [-0.1, -0.05) is 11.3 Å². The molecule has 1 saturated heterocycles. The van der Waals surface area contributed by atoms with Crippen LogP contribution in [0.4, 0.5) is 0 Å². The summed E-state index contributed by atoms with van der Waals surface area (Å²) in [7, 11) is 0. The van der Waals surface area contributed by atoms with Crippen LogP contribution >= 0.6 is 27.3 Å². The molecule has 0 amide bonds. The number of hydrogen-bond acceptors (Lipinski definition) is 4. The van der Waals surface area contributed by atoms with Gasteiger partial charge in [0.2, 0.25) is 0 Å². The molecule has 0 radical (unpaired) electrons. The average Bonchev–Trinajstić information content (AvgIpc) is 2.63. The van der Waals surface area contributed by atoms with Crippen molar-refractivity contribution in [2.24, 2.45) is 5.92 Å². The van der Waals surface area contributed by atoms with Crippen molar-refractivity contribution in [2.75, 3.05) is 19.8 Å². The van der Waals surface area contributed by atoms with Crippen LogP contribution in [0.15, 0.2) is 9.98 Å². The molecule has 2 heterocycles. The minimum Gasteiger partial charge on any atom is -0.470 e. The van der Waals surface area contributed by atoms with E-state index >= 15 is 0 Å². The lowest BCUT2D eigenvalue weighted by Crippen LogP contribution is -2.21. The molecular weight excluding hydrogens is 266 g/mol. The van der Waals surface area contributed by atoms with Crippen LogP contribution in [-0.2, 0) is 4.74 Å². The maximum atomic E-state index is 5.59. The van der Waals surface area contributed by atoms with Gasteiger partial charge in [0, 0.05) is 18.6 Å². The van der Waals surface area contributed by atoms with Crippen molar-refractivity contribution < 1.29 is 9.47 Å². The molecule has 1 aliphatic heterocycles. The Morgan fingerprint density at radius 3 is 3.00 bits per heavy atom. The largest absolute Gasteiger partial charge is 0.470 e. The SMILES string of the molecule is Brc1csc(OCC2CCOCC2)n1.